The lowest BCUT2D eigenvalue weighted by Gasteiger charge is -2.33. The van der Waals surface area contributed by atoms with Crippen LogP contribution in [0.3, 0.4) is 0 Å². The Hall–Kier alpha value is -1.02. The molecule has 0 bridgehead atoms. The van der Waals surface area contributed by atoms with Gasteiger partial charge in [-0.3, -0.25) is 0 Å². The van der Waals surface area contributed by atoms with E-state index < -0.39 is 0 Å². The van der Waals surface area contributed by atoms with Crippen molar-refractivity contribution in [3.05, 3.63) is 30.3 Å². The molecule has 0 aliphatic carbocycles. The summed E-state index contributed by atoms with van der Waals surface area (Å²) in [7, 11) is 2.20. The molecule has 1 saturated heterocycles. The Morgan fingerprint density at radius 1 is 1.31 bits per heavy atom. The molecule has 0 aromatic heterocycles. The zero-order valence-corrected chi connectivity index (χ0v) is 10.4. The van der Waals surface area contributed by atoms with Gasteiger partial charge >= 0.3 is 0 Å². The number of rotatable bonds is 4. The molecule has 1 fully saturated rings. The third-order valence-corrected chi connectivity index (χ3v) is 3.85. The highest BCUT2D eigenvalue weighted by Gasteiger charge is 2.32. The van der Waals surface area contributed by atoms with Gasteiger partial charge in [0.2, 0.25) is 0 Å². The first-order chi connectivity index (χ1) is 7.76. The largest absolute Gasteiger partial charge is 0.374 e. The van der Waals surface area contributed by atoms with Crippen molar-refractivity contribution in [1.29, 1.82) is 0 Å². The number of nitrogens with zero attached hydrogens (tertiary/aromatic N) is 1. The van der Waals surface area contributed by atoms with E-state index in [4.69, 9.17) is 0 Å². The maximum absolute atomic E-state index is 3.49. The second-order valence-electron chi connectivity index (χ2n) is 4.97. The first-order valence-electron chi connectivity index (χ1n) is 6.23. The fraction of sp³-hybridized carbons (Fsp3) is 0.571. The Kier molecular flexibility index (Phi) is 3.49. The molecule has 2 rings (SSSR count). The van der Waals surface area contributed by atoms with Gasteiger partial charge in [0.1, 0.15) is 0 Å². The van der Waals surface area contributed by atoms with E-state index in [1.54, 1.807) is 0 Å². The van der Waals surface area contributed by atoms with Crippen LogP contribution in [0.1, 0.15) is 19.8 Å². The average Bonchev–Trinajstić information content (AvgIpc) is 2.79. The highest BCUT2D eigenvalue weighted by Crippen LogP contribution is 2.31. The van der Waals surface area contributed by atoms with Crippen LogP contribution < -0.4 is 10.2 Å². The molecule has 2 nitrogen and oxygen atoms in total. The molecular formula is C14H22N2. The predicted molar refractivity (Wildman–Crippen MR) is 69.9 cm³/mol. The normalized spacial score (nSPS) is 24.6. The molecule has 1 atom stereocenters. The van der Waals surface area contributed by atoms with Gasteiger partial charge in [-0.25, -0.2) is 0 Å². The van der Waals surface area contributed by atoms with Crippen LogP contribution in [0.2, 0.25) is 0 Å². The van der Waals surface area contributed by atoms with Crippen molar-refractivity contribution >= 4 is 5.69 Å². The van der Waals surface area contributed by atoms with Crippen LogP contribution in [0, 0.1) is 5.41 Å². The van der Waals surface area contributed by atoms with Crippen molar-refractivity contribution in [2.75, 3.05) is 31.6 Å². The van der Waals surface area contributed by atoms with Gasteiger partial charge in [-0.15, -0.1) is 0 Å². The average molecular weight is 218 g/mol. The van der Waals surface area contributed by atoms with E-state index in [9.17, 15) is 0 Å². The third-order valence-electron chi connectivity index (χ3n) is 3.85. The first-order valence-corrected chi connectivity index (χ1v) is 6.23. The Morgan fingerprint density at radius 2 is 2.06 bits per heavy atom. The summed E-state index contributed by atoms with van der Waals surface area (Å²) >= 11 is 0. The fourth-order valence-corrected chi connectivity index (χ4v) is 2.62. The van der Waals surface area contributed by atoms with Gasteiger partial charge in [-0.05, 0) is 31.5 Å². The van der Waals surface area contributed by atoms with Crippen LogP contribution in [0.25, 0.3) is 0 Å². The quantitative estimate of drug-likeness (QED) is 0.835. The summed E-state index contributed by atoms with van der Waals surface area (Å²) in [6.45, 7) is 5.81. The molecule has 1 N–H and O–H groups in total. The van der Waals surface area contributed by atoms with Crippen molar-refractivity contribution in [3.8, 4) is 0 Å². The number of hydrogen-bond donors (Lipinski definition) is 1. The van der Waals surface area contributed by atoms with Crippen molar-refractivity contribution in [2.24, 2.45) is 5.41 Å². The zero-order valence-electron chi connectivity index (χ0n) is 10.4. The van der Waals surface area contributed by atoms with Gasteiger partial charge in [0.05, 0.1) is 0 Å². The van der Waals surface area contributed by atoms with E-state index in [1.807, 2.05) is 0 Å². The van der Waals surface area contributed by atoms with Crippen LogP contribution in [0.5, 0.6) is 0 Å². The lowest BCUT2D eigenvalue weighted by Crippen LogP contribution is -2.37. The van der Waals surface area contributed by atoms with E-state index in [2.05, 4.69) is 54.5 Å². The maximum atomic E-state index is 3.49. The van der Waals surface area contributed by atoms with E-state index in [-0.39, 0.29) is 0 Å². The molecule has 1 aromatic rings. The molecule has 1 heterocycles. The van der Waals surface area contributed by atoms with Gasteiger partial charge in [0, 0.05) is 31.2 Å². The Balaban J connectivity index is 2.03. The molecule has 1 aliphatic rings. The molecule has 0 radical (unpaired) electrons. The van der Waals surface area contributed by atoms with Crippen molar-refractivity contribution in [2.45, 2.75) is 19.8 Å². The van der Waals surface area contributed by atoms with Crippen LogP contribution in [0.4, 0.5) is 5.69 Å². The molecular weight excluding hydrogens is 196 g/mol. The summed E-state index contributed by atoms with van der Waals surface area (Å²) in [5.41, 5.74) is 1.80. The molecule has 88 valence electrons. The Labute approximate surface area is 98.7 Å². The van der Waals surface area contributed by atoms with E-state index in [0.29, 0.717) is 5.41 Å². The van der Waals surface area contributed by atoms with Gasteiger partial charge in [-0.1, -0.05) is 25.1 Å². The highest BCUT2D eigenvalue weighted by atomic mass is 15.1. The number of anilines is 1. The lowest BCUT2D eigenvalue weighted by atomic mass is 9.84. The molecule has 16 heavy (non-hydrogen) atoms. The molecule has 1 aromatic carbocycles. The molecule has 1 unspecified atom stereocenters. The minimum absolute atomic E-state index is 0.477. The van der Waals surface area contributed by atoms with E-state index in [1.165, 1.54) is 31.6 Å². The van der Waals surface area contributed by atoms with Crippen LogP contribution >= 0.6 is 0 Å². The molecule has 0 spiro atoms. The van der Waals surface area contributed by atoms with Gasteiger partial charge in [0.25, 0.3) is 0 Å². The summed E-state index contributed by atoms with van der Waals surface area (Å²) in [4.78, 5) is 2.39. The first kappa shape index (κ1) is 11.5. The maximum Gasteiger partial charge on any atom is 0.0363 e. The Morgan fingerprint density at radius 3 is 2.62 bits per heavy atom. The summed E-state index contributed by atoms with van der Waals surface area (Å²) in [5.74, 6) is 0. The minimum atomic E-state index is 0.477. The van der Waals surface area contributed by atoms with Crippen molar-refractivity contribution in [1.82, 2.24) is 5.32 Å². The van der Waals surface area contributed by atoms with Crippen LogP contribution in [-0.4, -0.2) is 26.7 Å². The van der Waals surface area contributed by atoms with Crippen LogP contribution in [0.15, 0.2) is 30.3 Å². The van der Waals surface area contributed by atoms with Crippen LogP contribution in [-0.2, 0) is 0 Å². The second-order valence-corrected chi connectivity index (χ2v) is 4.97. The predicted octanol–water partition coefficient (Wildman–Crippen LogP) is 2.51. The topological polar surface area (TPSA) is 15.3 Å². The third kappa shape index (κ3) is 2.38. The number of hydrogen-bond acceptors (Lipinski definition) is 2. The smallest absolute Gasteiger partial charge is 0.0363 e. The van der Waals surface area contributed by atoms with Crippen molar-refractivity contribution < 1.29 is 0 Å². The summed E-state index contributed by atoms with van der Waals surface area (Å²) in [5, 5.41) is 3.49. The van der Waals surface area contributed by atoms with E-state index >= 15 is 0 Å². The second kappa shape index (κ2) is 4.88. The van der Waals surface area contributed by atoms with Crippen molar-refractivity contribution in [3.63, 3.8) is 0 Å². The minimum Gasteiger partial charge on any atom is -0.374 e. The fourth-order valence-electron chi connectivity index (χ4n) is 2.62. The van der Waals surface area contributed by atoms with Gasteiger partial charge in [-0.2, -0.15) is 0 Å². The SMILES string of the molecule is CCC1(CN(C)c2ccccc2)CCNC1. The number of nitrogens with one attached hydrogen (secondary N) is 1. The van der Waals surface area contributed by atoms with Gasteiger partial charge in [0.15, 0.2) is 0 Å². The van der Waals surface area contributed by atoms with E-state index in [0.717, 1.165) is 6.54 Å². The molecule has 2 heteroatoms. The zero-order chi connectivity index (χ0) is 11.4. The standard InChI is InChI=1S/C14H22N2/c1-3-14(9-10-15-11-14)12-16(2)13-7-5-4-6-8-13/h4-8,15H,3,9-12H2,1-2H3. The van der Waals surface area contributed by atoms with Gasteiger partial charge < -0.3 is 10.2 Å². The number of para-hydroxylation sites is 1. The highest BCUT2D eigenvalue weighted by molar-refractivity contribution is 5.45. The number of benzene rings is 1. The molecule has 0 saturated carbocycles. The summed E-state index contributed by atoms with van der Waals surface area (Å²) in [6, 6.07) is 10.7. The Bertz CT molecular complexity index is 315. The molecule has 1 aliphatic heterocycles. The lowest BCUT2D eigenvalue weighted by molar-refractivity contribution is 0.317. The monoisotopic (exact) mass is 218 g/mol. The summed E-state index contributed by atoms with van der Waals surface area (Å²) < 4.78 is 0. The summed E-state index contributed by atoms with van der Waals surface area (Å²) in [6.07, 6.45) is 2.57. The molecule has 0 amide bonds.